The molecule has 4 aromatic carbocycles. The smallest absolute Gasteiger partial charge is 0.394 e. The van der Waals surface area contributed by atoms with E-state index in [1.165, 1.54) is 24.6 Å². The second kappa shape index (κ2) is 8.20. The normalized spacial score (nSPS) is 13.4. The maximum atomic E-state index is 13.8. The van der Waals surface area contributed by atoms with E-state index in [-0.39, 0.29) is 12.3 Å². The van der Waals surface area contributed by atoms with E-state index in [1.54, 1.807) is 0 Å². The molecule has 0 saturated carbocycles. The molecule has 2 nitrogen and oxygen atoms in total. The number of ether oxygens (including phenoxy) is 1. The minimum atomic E-state index is -4.30. The summed E-state index contributed by atoms with van der Waals surface area (Å²) in [5, 5.41) is 6.11. The maximum absolute atomic E-state index is 13.8. The molecule has 0 spiro atoms. The van der Waals surface area contributed by atoms with Gasteiger partial charge in [0.25, 0.3) is 0 Å². The second-order valence-electron chi connectivity index (χ2n) is 11.6. The summed E-state index contributed by atoms with van der Waals surface area (Å²) in [5.41, 5.74) is 3.29. The van der Waals surface area contributed by atoms with E-state index in [1.807, 2.05) is 37.5 Å². The maximum Gasteiger partial charge on any atom is 0.394 e. The van der Waals surface area contributed by atoms with Crippen LogP contribution in [0.5, 0.6) is 11.5 Å². The molecule has 1 aliphatic heterocycles. The van der Waals surface area contributed by atoms with Crippen LogP contribution in [0.25, 0.3) is 43.6 Å². The van der Waals surface area contributed by atoms with Crippen LogP contribution in [0.2, 0.25) is 0 Å². The van der Waals surface area contributed by atoms with Crippen LogP contribution >= 0.6 is 0 Å². The van der Waals surface area contributed by atoms with Crippen molar-refractivity contribution in [1.82, 2.24) is 0 Å². The molecule has 0 fully saturated rings. The van der Waals surface area contributed by atoms with Gasteiger partial charge < -0.3 is 4.74 Å². The summed E-state index contributed by atoms with van der Waals surface area (Å²) in [7, 11) is 2.05. The van der Waals surface area contributed by atoms with E-state index in [0.717, 1.165) is 49.7 Å². The van der Waals surface area contributed by atoms with Crippen LogP contribution in [0.3, 0.4) is 0 Å². The molecule has 194 valence electrons. The van der Waals surface area contributed by atoms with Crippen LogP contribution in [-0.2, 0) is 13.5 Å². The number of rotatable bonds is 3. The Labute approximate surface area is 220 Å². The fourth-order valence-corrected chi connectivity index (χ4v) is 6.14. The number of pyridine rings is 1. The van der Waals surface area contributed by atoms with Gasteiger partial charge in [0.15, 0.2) is 6.20 Å². The van der Waals surface area contributed by atoms with Crippen molar-refractivity contribution in [2.45, 2.75) is 53.1 Å². The molecular weight excluding hydrogens is 483 g/mol. The lowest BCUT2D eigenvalue weighted by atomic mass is 9.82. The van der Waals surface area contributed by atoms with Crippen LogP contribution in [0.15, 0.2) is 60.8 Å². The van der Waals surface area contributed by atoms with E-state index < -0.39 is 11.6 Å². The van der Waals surface area contributed by atoms with Gasteiger partial charge in [-0.15, -0.1) is 0 Å². The molecule has 0 N–H and O–H groups in total. The Balaban J connectivity index is 1.72. The molecule has 0 bridgehead atoms. The molecule has 0 saturated heterocycles. The van der Waals surface area contributed by atoms with Crippen molar-refractivity contribution in [2.24, 2.45) is 12.5 Å². The highest BCUT2D eigenvalue weighted by atomic mass is 19.4. The summed E-state index contributed by atoms with van der Waals surface area (Å²) in [6.45, 7) is 9.04. The summed E-state index contributed by atoms with van der Waals surface area (Å²) < 4.78 is 50.5. The SMILES string of the molecule is Cc1c2c(c(C(C)C)c3ccccc13)Oc1cc3c(CC(C)(C)C(F)(F)F)cccc3c3cc[n+](C)c-2c13. The molecule has 5 heteroatoms. The number of aromatic nitrogens is 1. The van der Waals surface area contributed by atoms with E-state index >= 15 is 0 Å². The molecule has 0 amide bonds. The first-order valence-corrected chi connectivity index (χ1v) is 13.1. The Morgan fingerprint density at radius 1 is 0.868 bits per heavy atom. The van der Waals surface area contributed by atoms with Gasteiger partial charge in [0.05, 0.1) is 16.4 Å². The minimum Gasteiger partial charge on any atom is -0.455 e. The highest BCUT2D eigenvalue weighted by molar-refractivity contribution is 6.16. The number of aryl methyl sites for hydroxylation is 2. The van der Waals surface area contributed by atoms with E-state index in [9.17, 15) is 13.2 Å². The highest BCUT2D eigenvalue weighted by Crippen LogP contribution is 2.53. The number of hydrogen-bond donors (Lipinski definition) is 0. The van der Waals surface area contributed by atoms with Gasteiger partial charge in [-0.1, -0.05) is 70.2 Å². The third-order valence-electron chi connectivity index (χ3n) is 8.23. The average molecular weight is 515 g/mol. The summed E-state index contributed by atoms with van der Waals surface area (Å²) in [6.07, 6.45) is -2.36. The summed E-state index contributed by atoms with van der Waals surface area (Å²) >= 11 is 0. The molecule has 38 heavy (non-hydrogen) atoms. The first-order chi connectivity index (χ1) is 17.9. The van der Waals surface area contributed by atoms with E-state index in [2.05, 4.69) is 55.7 Å². The Hall–Kier alpha value is -3.60. The van der Waals surface area contributed by atoms with Crippen molar-refractivity contribution in [3.8, 4) is 22.8 Å². The van der Waals surface area contributed by atoms with Crippen molar-refractivity contribution < 1.29 is 22.5 Å². The van der Waals surface area contributed by atoms with Gasteiger partial charge in [-0.3, -0.25) is 0 Å². The Kier molecular flexibility index (Phi) is 5.33. The minimum absolute atomic E-state index is 0.107. The fourth-order valence-electron chi connectivity index (χ4n) is 6.14. The Morgan fingerprint density at radius 3 is 2.24 bits per heavy atom. The zero-order valence-electron chi connectivity index (χ0n) is 22.5. The van der Waals surface area contributed by atoms with Gasteiger partial charge in [0, 0.05) is 17.0 Å². The zero-order valence-corrected chi connectivity index (χ0v) is 22.5. The zero-order chi connectivity index (χ0) is 27.1. The predicted molar refractivity (Wildman–Crippen MR) is 148 cm³/mol. The fraction of sp³-hybridized carbons (Fsp3) is 0.303. The van der Waals surface area contributed by atoms with E-state index in [4.69, 9.17) is 4.74 Å². The number of alkyl halides is 3. The second-order valence-corrected chi connectivity index (χ2v) is 11.6. The van der Waals surface area contributed by atoms with Gasteiger partial charge in [0.1, 0.15) is 18.5 Å². The van der Waals surface area contributed by atoms with Crippen LogP contribution in [0, 0.1) is 12.3 Å². The first-order valence-electron chi connectivity index (χ1n) is 13.1. The summed E-state index contributed by atoms with van der Waals surface area (Å²) in [4.78, 5) is 0. The van der Waals surface area contributed by atoms with Crippen LogP contribution in [0.4, 0.5) is 13.2 Å². The molecule has 2 heterocycles. The molecule has 0 radical (unpaired) electrons. The number of hydrogen-bond acceptors (Lipinski definition) is 1. The third-order valence-corrected chi connectivity index (χ3v) is 8.23. The van der Waals surface area contributed by atoms with Crippen LogP contribution < -0.4 is 9.30 Å². The van der Waals surface area contributed by atoms with Crippen molar-refractivity contribution in [2.75, 3.05) is 0 Å². The van der Waals surface area contributed by atoms with Crippen molar-refractivity contribution in [1.29, 1.82) is 0 Å². The van der Waals surface area contributed by atoms with Crippen molar-refractivity contribution >= 4 is 32.3 Å². The van der Waals surface area contributed by atoms with E-state index in [0.29, 0.717) is 11.3 Å². The molecular formula is C33H31F3NO+. The monoisotopic (exact) mass is 514 g/mol. The average Bonchev–Trinajstić information content (AvgIpc) is 2.84. The molecule has 0 aliphatic carbocycles. The molecule has 0 unspecified atom stereocenters. The van der Waals surface area contributed by atoms with Gasteiger partial charge >= 0.3 is 6.18 Å². The Bertz CT molecular complexity index is 1780. The molecule has 1 aromatic heterocycles. The number of fused-ring (bicyclic) bond motifs is 5. The lowest BCUT2D eigenvalue weighted by molar-refractivity contribution is -0.659. The molecule has 6 rings (SSSR count). The van der Waals surface area contributed by atoms with Gasteiger partial charge in [-0.25, -0.2) is 4.57 Å². The standard InChI is InChI=1S/C33H31F3NO/c1-18(2)27-23-12-8-7-11-21(23)19(3)28-30-29-24(14-15-37(30)6)22-13-9-10-20(17-32(4,5)33(34,35)36)25(22)16-26(29)38-31(27)28/h7-16,18H,17H2,1-6H3/q+1. The van der Waals surface area contributed by atoms with Crippen LogP contribution in [0.1, 0.15) is 50.3 Å². The largest absolute Gasteiger partial charge is 0.455 e. The Morgan fingerprint density at radius 2 is 1.55 bits per heavy atom. The lowest BCUT2D eigenvalue weighted by Gasteiger charge is -2.29. The number of halogens is 3. The van der Waals surface area contributed by atoms with Crippen molar-refractivity contribution in [3.05, 3.63) is 77.5 Å². The van der Waals surface area contributed by atoms with Gasteiger partial charge in [-0.2, -0.15) is 13.2 Å². The van der Waals surface area contributed by atoms with Crippen LogP contribution in [-0.4, -0.2) is 6.18 Å². The number of nitrogens with zero attached hydrogens (tertiary/aromatic N) is 1. The molecule has 1 aliphatic rings. The summed E-state index contributed by atoms with van der Waals surface area (Å²) in [5.74, 6) is 1.75. The van der Waals surface area contributed by atoms with Gasteiger partial charge in [-0.05, 0) is 58.0 Å². The predicted octanol–water partition coefficient (Wildman–Crippen LogP) is 9.31. The molecule has 5 aromatic rings. The first kappa shape index (κ1) is 24.7. The number of benzene rings is 4. The van der Waals surface area contributed by atoms with Gasteiger partial charge in [0.2, 0.25) is 5.69 Å². The van der Waals surface area contributed by atoms with Crippen molar-refractivity contribution in [3.63, 3.8) is 0 Å². The lowest BCUT2D eigenvalue weighted by Crippen LogP contribution is -2.34. The third kappa shape index (κ3) is 3.44. The highest BCUT2D eigenvalue weighted by Gasteiger charge is 2.47. The molecule has 0 atom stereocenters. The topological polar surface area (TPSA) is 13.1 Å². The summed E-state index contributed by atoms with van der Waals surface area (Å²) in [6, 6.07) is 18.1. The quantitative estimate of drug-likeness (QED) is 0.169.